The lowest BCUT2D eigenvalue weighted by Crippen LogP contribution is -2.89. The first-order valence-corrected chi connectivity index (χ1v) is 8.73. The van der Waals surface area contributed by atoms with Gasteiger partial charge < -0.3 is 16.0 Å². The molecule has 0 aliphatic rings. The number of rotatable bonds is 7. The standard InChI is InChI=1S/C19H19F3N4O3/c1-2-23-19(29)26-18(28)17(11-6-4-3-5-7-11)24-10-14(27)25-13-9-8-12(20)15(21)16(13)22/h3-9,17,24H,2,10H2,1H3,(H,25,27)(H2,23,26,28,29)/p+1/t17-/m1/s1. The minimum atomic E-state index is -1.70. The molecule has 10 heteroatoms. The molecule has 2 rings (SSSR count). The van der Waals surface area contributed by atoms with Crippen molar-refractivity contribution in [2.75, 3.05) is 18.4 Å². The fourth-order valence-electron chi connectivity index (χ4n) is 2.50. The average Bonchev–Trinajstić information content (AvgIpc) is 2.69. The van der Waals surface area contributed by atoms with Gasteiger partial charge in [0.1, 0.15) is 0 Å². The van der Waals surface area contributed by atoms with Crippen LogP contribution in [0.5, 0.6) is 0 Å². The van der Waals surface area contributed by atoms with Crippen LogP contribution in [-0.4, -0.2) is 30.9 Å². The van der Waals surface area contributed by atoms with Gasteiger partial charge in [-0.25, -0.2) is 18.0 Å². The number of urea groups is 1. The van der Waals surface area contributed by atoms with Crippen LogP contribution in [0.2, 0.25) is 0 Å². The molecule has 29 heavy (non-hydrogen) atoms. The maximum atomic E-state index is 13.7. The van der Waals surface area contributed by atoms with Crippen molar-refractivity contribution >= 4 is 23.5 Å². The molecule has 0 heterocycles. The zero-order chi connectivity index (χ0) is 21.4. The molecule has 0 saturated carbocycles. The zero-order valence-corrected chi connectivity index (χ0v) is 15.5. The number of amides is 4. The second-order valence-corrected chi connectivity index (χ2v) is 5.95. The molecular weight excluding hydrogens is 389 g/mol. The van der Waals surface area contributed by atoms with Crippen molar-refractivity contribution in [1.82, 2.24) is 10.6 Å². The topological polar surface area (TPSA) is 104 Å². The Morgan fingerprint density at radius 3 is 2.34 bits per heavy atom. The highest BCUT2D eigenvalue weighted by Crippen LogP contribution is 2.19. The normalized spacial score (nSPS) is 11.4. The molecule has 7 nitrogen and oxygen atoms in total. The van der Waals surface area contributed by atoms with Crippen molar-refractivity contribution < 1.29 is 32.9 Å². The van der Waals surface area contributed by atoms with Gasteiger partial charge in [-0.1, -0.05) is 30.3 Å². The molecule has 0 spiro atoms. The molecule has 4 amide bonds. The van der Waals surface area contributed by atoms with E-state index in [0.717, 1.165) is 6.07 Å². The number of carbonyl (C=O) groups excluding carboxylic acids is 3. The van der Waals surface area contributed by atoms with E-state index in [-0.39, 0.29) is 6.54 Å². The molecule has 0 radical (unpaired) electrons. The number of nitrogens with two attached hydrogens (primary N) is 1. The molecule has 154 valence electrons. The predicted octanol–water partition coefficient (Wildman–Crippen LogP) is 1.19. The monoisotopic (exact) mass is 409 g/mol. The number of imide groups is 1. The van der Waals surface area contributed by atoms with Crippen LogP contribution in [0.25, 0.3) is 0 Å². The summed E-state index contributed by atoms with van der Waals surface area (Å²) in [6.45, 7) is 1.66. The van der Waals surface area contributed by atoms with E-state index in [0.29, 0.717) is 18.2 Å². The third-order valence-electron chi connectivity index (χ3n) is 3.86. The lowest BCUT2D eigenvalue weighted by atomic mass is 10.1. The molecule has 0 bridgehead atoms. The number of anilines is 1. The van der Waals surface area contributed by atoms with E-state index in [9.17, 15) is 27.6 Å². The highest BCUT2D eigenvalue weighted by atomic mass is 19.2. The van der Waals surface area contributed by atoms with E-state index in [1.807, 2.05) is 0 Å². The summed E-state index contributed by atoms with van der Waals surface area (Å²) in [6, 6.07) is 8.35. The number of nitrogens with one attached hydrogen (secondary N) is 3. The molecule has 0 fully saturated rings. The average molecular weight is 409 g/mol. The summed E-state index contributed by atoms with van der Waals surface area (Å²) in [6.07, 6.45) is 0. The minimum absolute atomic E-state index is 0.320. The first-order chi connectivity index (χ1) is 13.8. The minimum Gasteiger partial charge on any atom is -0.338 e. The summed E-state index contributed by atoms with van der Waals surface area (Å²) in [5.41, 5.74) is 0.00596. The Balaban J connectivity index is 2.07. The van der Waals surface area contributed by atoms with Crippen molar-refractivity contribution in [1.29, 1.82) is 0 Å². The van der Waals surface area contributed by atoms with Gasteiger partial charge in [-0.3, -0.25) is 14.9 Å². The fourth-order valence-corrected chi connectivity index (χ4v) is 2.50. The Bertz CT molecular complexity index is 894. The summed E-state index contributed by atoms with van der Waals surface area (Å²) < 4.78 is 39.9. The highest BCUT2D eigenvalue weighted by molar-refractivity contribution is 5.97. The van der Waals surface area contributed by atoms with Crippen molar-refractivity contribution in [3.63, 3.8) is 0 Å². The zero-order valence-electron chi connectivity index (χ0n) is 15.5. The Labute approximate surface area is 164 Å². The quantitative estimate of drug-likeness (QED) is 0.517. The summed E-state index contributed by atoms with van der Waals surface area (Å²) in [4.78, 5) is 36.2. The molecule has 2 aromatic rings. The van der Waals surface area contributed by atoms with Gasteiger partial charge in [-0.2, -0.15) is 0 Å². The van der Waals surface area contributed by atoms with Crippen LogP contribution >= 0.6 is 0 Å². The van der Waals surface area contributed by atoms with E-state index >= 15 is 0 Å². The largest absolute Gasteiger partial charge is 0.338 e. The SMILES string of the molecule is CCNC(=O)NC(=O)[C@H]([NH2+]CC(=O)Nc1ccc(F)c(F)c1F)c1ccccc1. The van der Waals surface area contributed by atoms with Crippen LogP contribution in [0.15, 0.2) is 42.5 Å². The van der Waals surface area contributed by atoms with Crippen molar-refractivity contribution in [3.05, 3.63) is 65.5 Å². The summed E-state index contributed by atoms with van der Waals surface area (Å²) >= 11 is 0. The third-order valence-corrected chi connectivity index (χ3v) is 3.86. The third kappa shape index (κ3) is 6.04. The Morgan fingerprint density at radius 2 is 1.69 bits per heavy atom. The van der Waals surface area contributed by atoms with Crippen LogP contribution in [0.3, 0.4) is 0 Å². The molecule has 0 aromatic heterocycles. The number of hydrogen-bond donors (Lipinski definition) is 4. The van der Waals surface area contributed by atoms with Gasteiger partial charge in [0.05, 0.1) is 5.69 Å². The van der Waals surface area contributed by atoms with Crippen molar-refractivity contribution in [2.45, 2.75) is 13.0 Å². The first kappa shape index (κ1) is 21.9. The smallest absolute Gasteiger partial charge is 0.321 e. The molecular formula is C19H20F3N4O3+. The van der Waals surface area contributed by atoms with E-state index in [1.165, 1.54) is 5.32 Å². The Morgan fingerprint density at radius 1 is 1.00 bits per heavy atom. The van der Waals surface area contributed by atoms with Crippen LogP contribution < -0.4 is 21.3 Å². The lowest BCUT2D eigenvalue weighted by molar-refractivity contribution is -0.672. The number of carbonyl (C=O) groups is 3. The summed E-state index contributed by atoms with van der Waals surface area (Å²) in [5, 5.41) is 8.05. The second kappa shape index (κ2) is 10.2. The fraction of sp³-hybridized carbons (Fsp3) is 0.211. The lowest BCUT2D eigenvalue weighted by Gasteiger charge is -2.15. The van der Waals surface area contributed by atoms with E-state index in [1.54, 1.807) is 37.3 Å². The summed E-state index contributed by atoms with van der Waals surface area (Å²) in [5.74, 6) is -6.00. The van der Waals surface area contributed by atoms with Crippen LogP contribution in [0, 0.1) is 17.5 Å². The predicted molar refractivity (Wildman–Crippen MR) is 98.1 cm³/mol. The van der Waals surface area contributed by atoms with Gasteiger partial charge in [-0.05, 0) is 19.1 Å². The summed E-state index contributed by atoms with van der Waals surface area (Å²) in [7, 11) is 0. The number of halogens is 3. The molecule has 0 saturated heterocycles. The maximum absolute atomic E-state index is 13.7. The second-order valence-electron chi connectivity index (χ2n) is 5.95. The Hall–Kier alpha value is -3.40. The number of hydrogen-bond acceptors (Lipinski definition) is 3. The van der Waals surface area contributed by atoms with Gasteiger partial charge in [-0.15, -0.1) is 0 Å². The number of benzene rings is 2. The molecule has 0 aliphatic carbocycles. The maximum Gasteiger partial charge on any atom is 0.321 e. The van der Waals surface area contributed by atoms with E-state index < -0.39 is 47.0 Å². The molecule has 2 aromatic carbocycles. The molecule has 1 atom stereocenters. The molecule has 5 N–H and O–H groups in total. The van der Waals surface area contributed by atoms with Crippen molar-refractivity contribution in [3.8, 4) is 0 Å². The van der Waals surface area contributed by atoms with Gasteiger partial charge in [0.2, 0.25) is 0 Å². The Kier molecular flexibility index (Phi) is 7.72. The van der Waals surface area contributed by atoms with Crippen molar-refractivity contribution in [2.24, 2.45) is 0 Å². The van der Waals surface area contributed by atoms with Crippen LogP contribution in [0.4, 0.5) is 23.7 Å². The van der Waals surface area contributed by atoms with Gasteiger partial charge in [0.25, 0.3) is 11.8 Å². The van der Waals surface area contributed by atoms with Gasteiger partial charge >= 0.3 is 6.03 Å². The molecule has 0 aliphatic heterocycles. The molecule has 0 unspecified atom stereocenters. The first-order valence-electron chi connectivity index (χ1n) is 8.73. The van der Waals surface area contributed by atoms with E-state index in [4.69, 9.17) is 0 Å². The van der Waals surface area contributed by atoms with Gasteiger partial charge in [0, 0.05) is 12.1 Å². The van der Waals surface area contributed by atoms with Crippen LogP contribution in [-0.2, 0) is 9.59 Å². The van der Waals surface area contributed by atoms with Gasteiger partial charge in [0.15, 0.2) is 30.0 Å². The highest BCUT2D eigenvalue weighted by Gasteiger charge is 2.27. The van der Waals surface area contributed by atoms with E-state index in [2.05, 4.69) is 16.0 Å². The number of quaternary nitrogens is 1. The van der Waals surface area contributed by atoms with Crippen LogP contribution in [0.1, 0.15) is 18.5 Å².